The Kier molecular flexibility index (Phi) is 19.0. The fourth-order valence-corrected chi connectivity index (χ4v) is 3.12. The molecule has 22 heavy (non-hydrogen) atoms. The highest BCUT2D eigenvalue weighted by atomic mass is 14.9. The van der Waals surface area contributed by atoms with Crippen LogP contribution in [0.4, 0.5) is 0 Å². The molecule has 0 radical (unpaired) electrons. The molecule has 1 heteroatoms. The number of nitrogens with one attached hydrogen (secondary N) is 1. The third kappa shape index (κ3) is 18.0. The maximum Gasteiger partial charge on any atom is 0.00387 e. The zero-order valence-corrected chi connectivity index (χ0v) is 16.1. The maximum atomic E-state index is 3.71. The lowest BCUT2D eigenvalue weighted by Crippen LogP contribution is -2.26. The molecule has 0 aromatic carbocycles. The van der Waals surface area contributed by atoms with E-state index in [2.05, 4.69) is 26.1 Å². The minimum Gasteiger partial charge on any atom is -0.314 e. The van der Waals surface area contributed by atoms with Gasteiger partial charge >= 0.3 is 0 Å². The molecule has 0 aromatic rings. The van der Waals surface area contributed by atoms with E-state index >= 15 is 0 Å². The third-order valence-corrected chi connectivity index (χ3v) is 4.76. The smallest absolute Gasteiger partial charge is 0.00387 e. The first kappa shape index (κ1) is 22.0. The lowest BCUT2D eigenvalue weighted by molar-refractivity contribution is 0.464. The first-order valence-electron chi connectivity index (χ1n) is 10.5. The molecule has 0 fully saturated rings. The molecule has 0 aliphatic rings. The summed E-state index contributed by atoms with van der Waals surface area (Å²) in [7, 11) is 0. The second kappa shape index (κ2) is 19.0. The van der Waals surface area contributed by atoms with Crippen molar-refractivity contribution in [3.63, 3.8) is 0 Å². The van der Waals surface area contributed by atoms with Crippen LogP contribution in [-0.2, 0) is 0 Å². The van der Waals surface area contributed by atoms with Gasteiger partial charge in [-0.25, -0.2) is 0 Å². The van der Waals surface area contributed by atoms with Gasteiger partial charge in [-0.1, -0.05) is 104 Å². The normalized spacial score (nSPS) is 12.7. The lowest BCUT2D eigenvalue weighted by Gasteiger charge is -2.13. The first-order chi connectivity index (χ1) is 10.8. The minimum absolute atomic E-state index is 0.722. The number of hydrogen-bond donors (Lipinski definition) is 1. The highest BCUT2D eigenvalue weighted by Gasteiger charge is 2.00. The van der Waals surface area contributed by atoms with Crippen molar-refractivity contribution in [2.45, 2.75) is 130 Å². The molecule has 0 bridgehead atoms. The zero-order chi connectivity index (χ0) is 16.3. The largest absolute Gasteiger partial charge is 0.314 e. The van der Waals surface area contributed by atoms with Crippen LogP contribution in [-0.4, -0.2) is 12.6 Å². The number of hydrogen-bond acceptors (Lipinski definition) is 1. The van der Waals surface area contributed by atoms with Gasteiger partial charge in [0, 0.05) is 6.04 Å². The van der Waals surface area contributed by atoms with Gasteiger partial charge in [0.05, 0.1) is 0 Å². The van der Waals surface area contributed by atoms with Gasteiger partial charge in [0.2, 0.25) is 0 Å². The van der Waals surface area contributed by atoms with Gasteiger partial charge in [0.1, 0.15) is 0 Å². The van der Waals surface area contributed by atoms with E-state index in [9.17, 15) is 0 Å². The summed E-state index contributed by atoms with van der Waals surface area (Å²) < 4.78 is 0. The summed E-state index contributed by atoms with van der Waals surface area (Å²) >= 11 is 0. The lowest BCUT2D eigenvalue weighted by atomic mass is 10.1. The Morgan fingerprint density at radius 3 is 1.45 bits per heavy atom. The van der Waals surface area contributed by atoms with Gasteiger partial charge in [-0.2, -0.15) is 0 Å². The second-order valence-electron chi connectivity index (χ2n) is 7.24. The Bertz CT molecular complexity index is 190. The Balaban J connectivity index is 3.11. The number of unbranched alkanes of at least 4 members (excludes halogenated alkanes) is 13. The van der Waals surface area contributed by atoms with Crippen molar-refractivity contribution in [2.75, 3.05) is 6.54 Å². The van der Waals surface area contributed by atoms with Crippen LogP contribution in [0.5, 0.6) is 0 Å². The maximum absolute atomic E-state index is 3.71. The predicted molar refractivity (Wildman–Crippen MR) is 103 cm³/mol. The highest BCUT2D eigenvalue weighted by molar-refractivity contribution is 4.61. The average molecular weight is 312 g/mol. The molecule has 0 saturated heterocycles. The Morgan fingerprint density at radius 1 is 0.545 bits per heavy atom. The Morgan fingerprint density at radius 2 is 0.955 bits per heavy atom. The molecule has 0 aliphatic heterocycles. The van der Waals surface area contributed by atoms with Crippen molar-refractivity contribution in [3.8, 4) is 0 Å². The Hall–Kier alpha value is -0.0400. The summed E-state index contributed by atoms with van der Waals surface area (Å²) in [5.74, 6) is 0. The second-order valence-corrected chi connectivity index (χ2v) is 7.24. The summed E-state index contributed by atoms with van der Waals surface area (Å²) in [6, 6.07) is 0.722. The van der Waals surface area contributed by atoms with Gasteiger partial charge in [-0.15, -0.1) is 0 Å². The molecule has 1 unspecified atom stereocenters. The molecular formula is C21H45N. The zero-order valence-electron chi connectivity index (χ0n) is 16.1. The van der Waals surface area contributed by atoms with Crippen molar-refractivity contribution < 1.29 is 0 Å². The van der Waals surface area contributed by atoms with E-state index in [0.717, 1.165) is 6.04 Å². The molecular weight excluding hydrogens is 266 g/mol. The van der Waals surface area contributed by atoms with Gasteiger partial charge in [-0.05, 0) is 26.3 Å². The summed E-state index contributed by atoms with van der Waals surface area (Å²) in [5, 5.41) is 3.71. The Labute approximate surface area is 142 Å². The van der Waals surface area contributed by atoms with Crippen LogP contribution in [0.15, 0.2) is 0 Å². The topological polar surface area (TPSA) is 12.0 Å². The van der Waals surface area contributed by atoms with E-state index in [-0.39, 0.29) is 0 Å². The minimum atomic E-state index is 0.722. The van der Waals surface area contributed by atoms with Crippen LogP contribution in [0.3, 0.4) is 0 Å². The first-order valence-corrected chi connectivity index (χ1v) is 10.5. The predicted octanol–water partition coefficient (Wildman–Crippen LogP) is 7.25. The molecule has 1 atom stereocenters. The molecule has 134 valence electrons. The number of rotatable bonds is 18. The van der Waals surface area contributed by atoms with Gasteiger partial charge in [0.15, 0.2) is 0 Å². The SMILES string of the molecule is CCCCCCCCCCNC(C)CCCCCCCCC. The quantitative estimate of drug-likeness (QED) is 0.263. The van der Waals surface area contributed by atoms with E-state index < -0.39 is 0 Å². The van der Waals surface area contributed by atoms with Crippen LogP contribution < -0.4 is 5.32 Å². The van der Waals surface area contributed by atoms with Gasteiger partial charge in [-0.3, -0.25) is 0 Å². The molecule has 0 rings (SSSR count). The standard InChI is InChI=1S/C21H45N/c1-4-6-8-10-12-14-16-18-20-22-21(3)19-17-15-13-11-9-7-5-2/h21-22H,4-20H2,1-3H3. The average Bonchev–Trinajstić information content (AvgIpc) is 2.52. The monoisotopic (exact) mass is 311 g/mol. The van der Waals surface area contributed by atoms with Crippen LogP contribution in [0, 0.1) is 0 Å². The van der Waals surface area contributed by atoms with E-state index in [1.165, 1.54) is 109 Å². The van der Waals surface area contributed by atoms with Crippen molar-refractivity contribution >= 4 is 0 Å². The van der Waals surface area contributed by atoms with Crippen molar-refractivity contribution in [3.05, 3.63) is 0 Å². The van der Waals surface area contributed by atoms with Crippen LogP contribution >= 0.6 is 0 Å². The fraction of sp³-hybridized carbons (Fsp3) is 1.00. The molecule has 0 aromatic heterocycles. The van der Waals surface area contributed by atoms with E-state index in [4.69, 9.17) is 0 Å². The molecule has 0 amide bonds. The van der Waals surface area contributed by atoms with Crippen LogP contribution in [0.1, 0.15) is 124 Å². The van der Waals surface area contributed by atoms with Gasteiger partial charge in [0.25, 0.3) is 0 Å². The van der Waals surface area contributed by atoms with Gasteiger partial charge < -0.3 is 5.32 Å². The van der Waals surface area contributed by atoms with Crippen molar-refractivity contribution in [1.82, 2.24) is 5.32 Å². The molecule has 0 saturated carbocycles. The molecule has 1 nitrogen and oxygen atoms in total. The highest BCUT2D eigenvalue weighted by Crippen LogP contribution is 2.10. The van der Waals surface area contributed by atoms with E-state index in [1.54, 1.807) is 0 Å². The van der Waals surface area contributed by atoms with Crippen LogP contribution in [0.25, 0.3) is 0 Å². The van der Waals surface area contributed by atoms with Crippen LogP contribution in [0.2, 0.25) is 0 Å². The summed E-state index contributed by atoms with van der Waals surface area (Å²) in [5.41, 5.74) is 0. The molecule has 0 spiro atoms. The van der Waals surface area contributed by atoms with E-state index in [0.29, 0.717) is 0 Å². The molecule has 0 heterocycles. The fourth-order valence-electron chi connectivity index (χ4n) is 3.12. The molecule has 0 aliphatic carbocycles. The third-order valence-electron chi connectivity index (χ3n) is 4.76. The van der Waals surface area contributed by atoms with Crippen molar-refractivity contribution in [1.29, 1.82) is 0 Å². The summed E-state index contributed by atoms with van der Waals surface area (Å²) in [4.78, 5) is 0. The summed E-state index contributed by atoms with van der Waals surface area (Å²) in [6.07, 6.45) is 22.7. The summed E-state index contributed by atoms with van der Waals surface area (Å²) in [6.45, 7) is 8.17. The molecule has 1 N–H and O–H groups in total. The van der Waals surface area contributed by atoms with Crippen molar-refractivity contribution in [2.24, 2.45) is 0 Å². The van der Waals surface area contributed by atoms with E-state index in [1.807, 2.05) is 0 Å².